The summed E-state index contributed by atoms with van der Waals surface area (Å²) in [6.07, 6.45) is -4.70. The lowest BCUT2D eigenvalue weighted by Gasteiger charge is -2.03. The molecule has 11 heteroatoms. The minimum absolute atomic E-state index is 0.197. The van der Waals surface area contributed by atoms with E-state index in [1.165, 1.54) is 35.6 Å². The van der Waals surface area contributed by atoms with E-state index in [0.717, 1.165) is 0 Å². The highest BCUT2D eigenvalue weighted by Gasteiger charge is 2.38. The van der Waals surface area contributed by atoms with Crippen molar-refractivity contribution in [3.8, 4) is 11.4 Å². The highest BCUT2D eigenvalue weighted by atomic mass is 32.1. The molecular formula is C14H10F3N5O2S. The van der Waals surface area contributed by atoms with Crippen molar-refractivity contribution in [1.29, 1.82) is 0 Å². The maximum Gasteiger partial charge on any atom is 0.471 e. The average Bonchev–Trinajstić information content (AvgIpc) is 3.24. The first-order valence-electron chi connectivity index (χ1n) is 6.84. The fourth-order valence-electron chi connectivity index (χ4n) is 1.86. The van der Waals surface area contributed by atoms with E-state index in [1.54, 1.807) is 5.38 Å². The van der Waals surface area contributed by atoms with Crippen molar-refractivity contribution < 1.29 is 22.5 Å². The third kappa shape index (κ3) is 3.83. The maximum absolute atomic E-state index is 12.5. The summed E-state index contributed by atoms with van der Waals surface area (Å²) in [6, 6.07) is 5.94. The number of hydrogen-bond acceptors (Lipinski definition) is 7. The van der Waals surface area contributed by atoms with Gasteiger partial charge in [-0.15, -0.1) is 11.3 Å². The Morgan fingerprint density at radius 1 is 1.24 bits per heavy atom. The number of nitrogens with one attached hydrogen (secondary N) is 1. The molecule has 2 aromatic heterocycles. The molecule has 7 nitrogen and oxygen atoms in total. The molecule has 130 valence electrons. The van der Waals surface area contributed by atoms with Crippen LogP contribution >= 0.6 is 11.3 Å². The lowest BCUT2D eigenvalue weighted by molar-refractivity contribution is -0.159. The fraction of sp³-hybridized carbons (Fsp3) is 0.143. The van der Waals surface area contributed by atoms with Gasteiger partial charge in [-0.2, -0.15) is 18.2 Å². The van der Waals surface area contributed by atoms with Crippen molar-refractivity contribution in [2.75, 3.05) is 5.32 Å². The number of carbonyl (C=O) groups is 1. The number of rotatable bonds is 4. The molecule has 0 saturated heterocycles. The van der Waals surface area contributed by atoms with Gasteiger partial charge in [0.05, 0.1) is 0 Å². The number of benzene rings is 1. The normalized spacial score (nSPS) is 11.5. The van der Waals surface area contributed by atoms with Crippen molar-refractivity contribution in [1.82, 2.24) is 15.1 Å². The highest BCUT2D eigenvalue weighted by molar-refractivity contribution is 7.09. The molecule has 3 N–H and O–H groups in total. The molecule has 2 heterocycles. The number of anilines is 1. The van der Waals surface area contributed by atoms with Gasteiger partial charge >= 0.3 is 12.1 Å². The van der Waals surface area contributed by atoms with Gasteiger partial charge in [0.1, 0.15) is 10.7 Å². The standard InChI is InChI=1S/C14H10F3N5O2S/c15-14(16,17)13-21-11(22-24-13)7-1-3-8(4-2-7)19-12(23)9-6-25-10(5-18)20-9/h1-4,6H,5,18H2,(H,19,23). The number of carbonyl (C=O) groups excluding carboxylic acids is 1. The molecule has 0 bridgehead atoms. The number of alkyl halides is 3. The predicted octanol–water partition coefficient (Wildman–Crippen LogP) is 2.92. The summed E-state index contributed by atoms with van der Waals surface area (Å²) in [4.78, 5) is 19.4. The van der Waals surface area contributed by atoms with Crippen LogP contribution in [0.4, 0.5) is 18.9 Å². The Balaban J connectivity index is 1.72. The van der Waals surface area contributed by atoms with E-state index < -0.39 is 18.0 Å². The molecule has 0 saturated carbocycles. The second kappa shape index (κ2) is 6.61. The third-order valence-corrected chi connectivity index (χ3v) is 3.90. The van der Waals surface area contributed by atoms with Gasteiger partial charge in [-0.1, -0.05) is 5.16 Å². The highest BCUT2D eigenvalue weighted by Crippen LogP contribution is 2.29. The Morgan fingerprint density at radius 3 is 2.52 bits per heavy atom. The Kier molecular flexibility index (Phi) is 4.51. The van der Waals surface area contributed by atoms with Crippen LogP contribution in [-0.4, -0.2) is 21.0 Å². The molecular weight excluding hydrogens is 359 g/mol. The van der Waals surface area contributed by atoms with Gasteiger partial charge in [-0.3, -0.25) is 4.79 Å². The summed E-state index contributed by atoms with van der Waals surface area (Å²) in [5, 5.41) is 8.14. The summed E-state index contributed by atoms with van der Waals surface area (Å²) in [6.45, 7) is 0.247. The first-order chi connectivity index (χ1) is 11.9. The maximum atomic E-state index is 12.5. The number of thiazole rings is 1. The summed E-state index contributed by atoms with van der Waals surface area (Å²) in [7, 11) is 0. The van der Waals surface area contributed by atoms with Gasteiger partial charge < -0.3 is 15.6 Å². The lowest BCUT2D eigenvalue weighted by atomic mass is 10.2. The summed E-state index contributed by atoms with van der Waals surface area (Å²) < 4.78 is 41.5. The first-order valence-corrected chi connectivity index (χ1v) is 7.72. The SMILES string of the molecule is NCc1nc(C(=O)Nc2ccc(-c3noc(C(F)(F)F)n3)cc2)cs1. The molecule has 1 amide bonds. The Labute approximate surface area is 142 Å². The van der Waals surface area contributed by atoms with Crippen LogP contribution in [0, 0.1) is 0 Å². The largest absolute Gasteiger partial charge is 0.471 e. The van der Waals surface area contributed by atoms with E-state index >= 15 is 0 Å². The molecule has 3 aromatic rings. The molecule has 0 unspecified atom stereocenters. The van der Waals surface area contributed by atoms with Crippen LogP contribution < -0.4 is 11.1 Å². The van der Waals surface area contributed by atoms with E-state index in [4.69, 9.17) is 5.73 Å². The Bertz CT molecular complexity index is 889. The second-order valence-electron chi connectivity index (χ2n) is 4.78. The van der Waals surface area contributed by atoms with E-state index in [9.17, 15) is 18.0 Å². The monoisotopic (exact) mass is 369 g/mol. The van der Waals surface area contributed by atoms with Gasteiger partial charge in [0.25, 0.3) is 5.91 Å². The lowest BCUT2D eigenvalue weighted by Crippen LogP contribution is -2.12. The average molecular weight is 369 g/mol. The third-order valence-electron chi connectivity index (χ3n) is 3.03. The zero-order valence-electron chi connectivity index (χ0n) is 12.4. The van der Waals surface area contributed by atoms with Crippen LogP contribution in [-0.2, 0) is 12.7 Å². The van der Waals surface area contributed by atoms with Crippen LogP contribution in [0.3, 0.4) is 0 Å². The minimum Gasteiger partial charge on any atom is -0.329 e. The van der Waals surface area contributed by atoms with Crippen molar-refractivity contribution in [2.24, 2.45) is 5.73 Å². The number of hydrogen-bond donors (Lipinski definition) is 2. The zero-order valence-corrected chi connectivity index (χ0v) is 13.2. The van der Waals surface area contributed by atoms with Gasteiger partial charge in [0, 0.05) is 23.2 Å². The Hall–Kier alpha value is -2.79. The number of aromatic nitrogens is 3. The van der Waals surface area contributed by atoms with Crippen LogP contribution in [0.2, 0.25) is 0 Å². The van der Waals surface area contributed by atoms with Crippen LogP contribution in [0.5, 0.6) is 0 Å². The van der Waals surface area contributed by atoms with E-state index in [-0.39, 0.29) is 18.1 Å². The minimum atomic E-state index is -4.70. The molecule has 0 fully saturated rings. The van der Waals surface area contributed by atoms with Gasteiger partial charge in [0.15, 0.2) is 0 Å². The molecule has 0 aliphatic carbocycles. The summed E-state index contributed by atoms with van der Waals surface area (Å²) in [5.74, 6) is -2.03. The fourth-order valence-corrected chi connectivity index (χ4v) is 2.52. The van der Waals surface area contributed by atoms with Gasteiger partial charge in [0.2, 0.25) is 5.82 Å². The number of amides is 1. The summed E-state index contributed by atoms with van der Waals surface area (Å²) >= 11 is 1.28. The summed E-state index contributed by atoms with van der Waals surface area (Å²) in [5.41, 5.74) is 6.44. The number of nitrogens with zero attached hydrogens (tertiary/aromatic N) is 3. The molecule has 0 aliphatic rings. The number of halogens is 3. The topological polar surface area (TPSA) is 107 Å². The van der Waals surface area contributed by atoms with Gasteiger partial charge in [-0.25, -0.2) is 4.98 Å². The molecule has 0 atom stereocenters. The van der Waals surface area contributed by atoms with E-state index in [2.05, 4.69) is 25.0 Å². The first kappa shape index (κ1) is 17.0. The quantitative estimate of drug-likeness (QED) is 0.732. The van der Waals surface area contributed by atoms with Crippen LogP contribution in [0.25, 0.3) is 11.4 Å². The van der Waals surface area contributed by atoms with Crippen LogP contribution in [0.1, 0.15) is 21.4 Å². The van der Waals surface area contributed by atoms with Crippen molar-refractivity contribution in [2.45, 2.75) is 12.7 Å². The predicted molar refractivity (Wildman–Crippen MR) is 82.7 cm³/mol. The van der Waals surface area contributed by atoms with Crippen molar-refractivity contribution in [3.63, 3.8) is 0 Å². The second-order valence-corrected chi connectivity index (χ2v) is 5.73. The van der Waals surface area contributed by atoms with Crippen molar-refractivity contribution in [3.05, 3.63) is 46.2 Å². The molecule has 0 aliphatic heterocycles. The molecule has 3 rings (SSSR count). The smallest absolute Gasteiger partial charge is 0.329 e. The Morgan fingerprint density at radius 2 is 1.96 bits per heavy atom. The molecule has 0 spiro atoms. The molecule has 1 aromatic carbocycles. The van der Waals surface area contributed by atoms with Gasteiger partial charge in [-0.05, 0) is 24.3 Å². The van der Waals surface area contributed by atoms with Crippen molar-refractivity contribution >= 4 is 22.9 Å². The number of nitrogens with two attached hydrogens (primary N) is 1. The zero-order chi connectivity index (χ0) is 18.0. The van der Waals surface area contributed by atoms with Crippen LogP contribution in [0.15, 0.2) is 34.2 Å². The molecule has 25 heavy (non-hydrogen) atoms. The van der Waals surface area contributed by atoms with E-state index in [0.29, 0.717) is 16.3 Å². The molecule has 0 radical (unpaired) electrons. The van der Waals surface area contributed by atoms with E-state index in [1.807, 2.05) is 0 Å².